The van der Waals surface area contributed by atoms with Gasteiger partial charge in [-0.15, -0.1) is 0 Å². The molecule has 3 nitrogen and oxygen atoms in total. The molecule has 1 unspecified atom stereocenters. The van der Waals surface area contributed by atoms with Gasteiger partial charge in [-0.1, -0.05) is 23.7 Å². The van der Waals surface area contributed by atoms with Gasteiger partial charge in [0.15, 0.2) is 0 Å². The third-order valence-corrected chi connectivity index (χ3v) is 3.07. The van der Waals surface area contributed by atoms with Crippen LogP contribution in [0.5, 0.6) is 5.75 Å². The highest BCUT2D eigenvalue weighted by molar-refractivity contribution is 6.30. The maximum Gasteiger partial charge on any atom is 0.143 e. The second kappa shape index (κ2) is 4.96. The molecule has 94 valence electrons. The van der Waals surface area contributed by atoms with E-state index in [1.54, 1.807) is 56.6 Å². The van der Waals surface area contributed by atoms with Gasteiger partial charge in [0.2, 0.25) is 0 Å². The molecule has 1 heterocycles. The standard InChI is InChI=1S/C14H14ClNO2/c1-14(17,10-5-3-6-11(15)9-10)13-12(18-2)7-4-8-16-13/h3-9,17H,1-2H3. The summed E-state index contributed by atoms with van der Waals surface area (Å²) < 4.78 is 5.23. The number of aliphatic hydroxyl groups is 1. The highest BCUT2D eigenvalue weighted by Gasteiger charge is 2.30. The zero-order valence-electron chi connectivity index (χ0n) is 10.2. The van der Waals surface area contributed by atoms with Crippen molar-refractivity contribution in [3.05, 3.63) is 58.9 Å². The third-order valence-electron chi connectivity index (χ3n) is 2.84. The van der Waals surface area contributed by atoms with Gasteiger partial charge in [-0.2, -0.15) is 0 Å². The van der Waals surface area contributed by atoms with Crippen LogP contribution < -0.4 is 4.74 Å². The minimum Gasteiger partial charge on any atom is -0.495 e. The Labute approximate surface area is 111 Å². The molecular weight excluding hydrogens is 250 g/mol. The van der Waals surface area contributed by atoms with Crippen LogP contribution in [0.4, 0.5) is 0 Å². The van der Waals surface area contributed by atoms with E-state index in [2.05, 4.69) is 4.98 Å². The van der Waals surface area contributed by atoms with Gasteiger partial charge in [-0.3, -0.25) is 4.98 Å². The van der Waals surface area contributed by atoms with Crippen LogP contribution in [0.15, 0.2) is 42.6 Å². The molecule has 0 radical (unpaired) electrons. The molecule has 4 heteroatoms. The average Bonchev–Trinajstić information content (AvgIpc) is 2.38. The lowest BCUT2D eigenvalue weighted by Gasteiger charge is -2.25. The maximum atomic E-state index is 10.7. The Hall–Kier alpha value is -1.58. The molecule has 0 saturated carbocycles. The van der Waals surface area contributed by atoms with Crippen LogP contribution in [0.3, 0.4) is 0 Å². The summed E-state index contributed by atoms with van der Waals surface area (Å²) in [4.78, 5) is 4.21. The molecule has 2 aromatic rings. The summed E-state index contributed by atoms with van der Waals surface area (Å²) in [7, 11) is 1.55. The van der Waals surface area contributed by atoms with E-state index in [0.717, 1.165) is 0 Å². The Balaban J connectivity index is 2.54. The van der Waals surface area contributed by atoms with Crippen LogP contribution in [0, 0.1) is 0 Å². The summed E-state index contributed by atoms with van der Waals surface area (Å²) in [6, 6.07) is 10.6. The monoisotopic (exact) mass is 263 g/mol. The Kier molecular flexibility index (Phi) is 3.55. The molecule has 0 saturated heterocycles. The lowest BCUT2D eigenvalue weighted by atomic mass is 9.91. The summed E-state index contributed by atoms with van der Waals surface area (Å²) in [5.74, 6) is 0.544. The van der Waals surface area contributed by atoms with Gasteiger partial charge < -0.3 is 9.84 Å². The Morgan fingerprint density at radius 3 is 2.72 bits per heavy atom. The summed E-state index contributed by atoms with van der Waals surface area (Å²) >= 11 is 5.95. The van der Waals surface area contributed by atoms with Crippen molar-refractivity contribution in [2.75, 3.05) is 7.11 Å². The van der Waals surface area contributed by atoms with Crippen molar-refractivity contribution < 1.29 is 9.84 Å². The topological polar surface area (TPSA) is 42.4 Å². The number of aromatic nitrogens is 1. The highest BCUT2D eigenvalue weighted by atomic mass is 35.5. The van der Waals surface area contributed by atoms with Crippen molar-refractivity contribution in [2.45, 2.75) is 12.5 Å². The van der Waals surface area contributed by atoms with E-state index in [4.69, 9.17) is 16.3 Å². The number of halogens is 1. The van der Waals surface area contributed by atoms with Gasteiger partial charge in [0, 0.05) is 11.2 Å². The zero-order chi connectivity index (χ0) is 13.2. The third kappa shape index (κ3) is 2.33. The second-order valence-electron chi connectivity index (χ2n) is 4.14. The SMILES string of the molecule is COc1cccnc1C(C)(O)c1cccc(Cl)c1. The van der Waals surface area contributed by atoms with Gasteiger partial charge in [0.1, 0.15) is 17.0 Å². The number of hydrogen-bond donors (Lipinski definition) is 1. The first kappa shape index (κ1) is 12.9. The van der Waals surface area contributed by atoms with Crippen molar-refractivity contribution >= 4 is 11.6 Å². The van der Waals surface area contributed by atoms with E-state index in [9.17, 15) is 5.11 Å². The van der Waals surface area contributed by atoms with Crippen molar-refractivity contribution in [1.82, 2.24) is 4.98 Å². The molecule has 0 bridgehead atoms. The van der Waals surface area contributed by atoms with Gasteiger partial charge in [0.05, 0.1) is 7.11 Å². The Morgan fingerprint density at radius 1 is 1.28 bits per heavy atom. The van der Waals surface area contributed by atoms with E-state index >= 15 is 0 Å². The minimum absolute atomic E-state index is 0.467. The molecule has 0 amide bonds. The predicted octanol–water partition coefficient (Wildman–Crippen LogP) is 3.00. The molecule has 1 N–H and O–H groups in total. The van der Waals surface area contributed by atoms with Gasteiger partial charge in [0.25, 0.3) is 0 Å². The summed E-state index contributed by atoms with van der Waals surface area (Å²) in [6.07, 6.45) is 1.62. The molecular formula is C14H14ClNO2. The van der Waals surface area contributed by atoms with Gasteiger partial charge in [-0.25, -0.2) is 0 Å². The first-order chi connectivity index (χ1) is 8.55. The highest BCUT2D eigenvalue weighted by Crippen LogP contribution is 2.34. The quantitative estimate of drug-likeness (QED) is 0.926. The largest absolute Gasteiger partial charge is 0.495 e. The number of ether oxygens (including phenoxy) is 1. The minimum atomic E-state index is -1.25. The van der Waals surface area contributed by atoms with E-state index in [0.29, 0.717) is 22.0 Å². The fourth-order valence-corrected chi connectivity index (χ4v) is 2.04. The molecule has 1 aromatic heterocycles. The fraction of sp³-hybridized carbons (Fsp3) is 0.214. The average molecular weight is 264 g/mol. The van der Waals surface area contributed by atoms with Crippen LogP contribution in [0.1, 0.15) is 18.2 Å². The summed E-state index contributed by atoms with van der Waals surface area (Å²) in [6.45, 7) is 1.67. The molecule has 0 fully saturated rings. The number of benzene rings is 1. The van der Waals surface area contributed by atoms with Gasteiger partial charge in [-0.05, 0) is 36.8 Å². The van der Waals surface area contributed by atoms with Gasteiger partial charge >= 0.3 is 0 Å². The molecule has 0 aliphatic carbocycles. The summed E-state index contributed by atoms with van der Waals surface area (Å²) in [5, 5.41) is 11.3. The number of hydrogen-bond acceptors (Lipinski definition) is 3. The van der Waals surface area contributed by atoms with Crippen LogP contribution >= 0.6 is 11.6 Å². The van der Waals surface area contributed by atoms with Crippen LogP contribution in [-0.4, -0.2) is 17.2 Å². The van der Waals surface area contributed by atoms with E-state index in [1.165, 1.54) is 0 Å². The first-order valence-electron chi connectivity index (χ1n) is 5.53. The summed E-state index contributed by atoms with van der Waals surface area (Å²) in [5.41, 5.74) is -0.112. The molecule has 2 rings (SSSR count). The number of pyridine rings is 1. The molecule has 1 atom stereocenters. The van der Waals surface area contributed by atoms with Crippen LogP contribution in [0.25, 0.3) is 0 Å². The number of rotatable bonds is 3. The lowest BCUT2D eigenvalue weighted by molar-refractivity contribution is 0.0939. The van der Waals surface area contributed by atoms with Crippen LogP contribution in [-0.2, 0) is 5.60 Å². The van der Waals surface area contributed by atoms with E-state index in [1.807, 2.05) is 0 Å². The Bertz CT molecular complexity index is 555. The second-order valence-corrected chi connectivity index (χ2v) is 4.57. The fourth-order valence-electron chi connectivity index (χ4n) is 1.85. The molecule has 1 aromatic carbocycles. The number of methoxy groups -OCH3 is 1. The first-order valence-corrected chi connectivity index (χ1v) is 5.91. The lowest BCUT2D eigenvalue weighted by Crippen LogP contribution is -2.25. The molecule has 0 aliphatic heterocycles. The van der Waals surface area contributed by atoms with E-state index in [-0.39, 0.29) is 0 Å². The van der Waals surface area contributed by atoms with Crippen molar-refractivity contribution in [3.63, 3.8) is 0 Å². The van der Waals surface area contributed by atoms with Crippen LogP contribution in [0.2, 0.25) is 5.02 Å². The molecule has 18 heavy (non-hydrogen) atoms. The normalized spacial score (nSPS) is 14.0. The smallest absolute Gasteiger partial charge is 0.143 e. The van der Waals surface area contributed by atoms with Crippen molar-refractivity contribution in [2.24, 2.45) is 0 Å². The Morgan fingerprint density at radius 2 is 2.06 bits per heavy atom. The predicted molar refractivity (Wildman–Crippen MR) is 70.9 cm³/mol. The molecule has 0 spiro atoms. The van der Waals surface area contributed by atoms with Crippen molar-refractivity contribution in [3.8, 4) is 5.75 Å². The maximum absolute atomic E-state index is 10.7. The zero-order valence-corrected chi connectivity index (χ0v) is 11.0. The van der Waals surface area contributed by atoms with E-state index < -0.39 is 5.60 Å². The molecule has 0 aliphatic rings. The number of nitrogens with zero attached hydrogens (tertiary/aromatic N) is 1. The van der Waals surface area contributed by atoms with Crippen molar-refractivity contribution in [1.29, 1.82) is 0 Å².